The van der Waals surface area contributed by atoms with Crippen LogP contribution < -0.4 is 11.1 Å². The van der Waals surface area contributed by atoms with Gasteiger partial charge in [0.05, 0.1) is 13.0 Å². The highest BCUT2D eigenvalue weighted by molar-refractivity contribution is 5.99. The maximum atomic E-state index is 13.5. The van der Waals surface area contributed by atoms with Crippen molar-refractivity contribution in [1.82, 2.24) is 23.8 Å². The summed E-state index contributed by atoms with van der Waals surface area (Å²) in [5, 5.41) is 0. The number of rotatable bonds is 5. The molecule has 42 heavy (non-hydrogen) atoms. The summed E-state index contributed by atoms with van der Waals surface area (Å²) in [6.45, 7) is 5.45. The zero-order chi connectivity index (χ0) is 29.0. The van der Waals surface area contributed by atoms with Crippen molar-refractivity contribution in [3.8, 4) is 0 Å². The molecule has 4 bridgehead atoms. The lowest BCUT2D eigenvalue weighted by atomic mass is 9.82. The van der Waals surface area contributed by atoms with E-state index in [1.54, 1.807) is 17.0 Å². The largest absolute Gasteiger partial charge is 0.342 e. The molecule has 7 rings (SSSR count). The molecule has 3 saturated heterocycles. The molecule has 4 unspecified atom stereocenters. The standard InChI is InChI=1S/C32H39N5O5/c38-26(20-33-14-21-11-24(18-33)27-3-1-5-29(39)36(27)16-21)13-31(41)34-9-7-23(8-10-34)32(42)35-15-22-12-25(19-35)28-4-2-6-30(40)37(28)17-22/h1-6,21-25H,7-20H2. The fraction of sp³-hybridized carbons (Fsp3) is 0.594. The van der Waals surface area contributed by atoms with Crippen molar-refractivity contribution >= 4 is 17.6 Å². The highest BCUT2D eigenvalue weighted by Crippen LogP contribution is 2.37. The van der Waals surface area contributed by atoms with E-state index in [-0.39, 0.29) is 59.4 Å². The number of ketones is 1. The van der Waals surface area contributed by atoms with E-state index < -0.39 is 0 Å². The Morgan fingerprint density at radius 3 is 1.93 bits per heavy atom. The third kappa shape index (κ3) is 5.14. The second-order valence-corrected chi connectivity index (χ2v) is 13.2. The van der Waals surface area contributed by atoms with Gasteiger partial charge in [0, 0.05) is 93.6 Å². The van der Waals surface area contributed by atoms with Gasteiger partial charge in [0.2, 0.25) is 11.8 Å². The molecule has 2 amide bonds. The Morgan fingerprint density at radius 1 is 0.690 bits per heavy atom. The third-order valence-corrected chi connectivity index (χ3v) is 10.3. The Labute approximate surface area is 244 Å². The van der Waals surface area contributed by atoms with Crippen molar-refractivity contribution in [2.24, 2.45) is 17.8 Å². The minimum Gasteiger partial charge on any atom is -0.342 e. The molecule has 7 heterocycles. The number of fused-ring (bicyclic) bond motifs is 8. The van der Waals surface area contributed by atoms with E-state index in [1.807, 2.05) is 38.3 Å². The lowest BCUT2D eigenvalue weighted by Crippen LogP contribution is -2.52. The highest BCUT2D eigenvalue weighted by Gasteiger charge is 2.39. The molecule has 0 saturated carbocycles. The molecule has 0 radical (unpaired) electrons. The van der Waals surface area contributed by atoms with Gasteiger partial charge < -0.3 is 18.9 Å². The van der Waals surface area contributed by atoms with Crippen molar-refractivity contribution in [2.75, 3.05) is 45.8 Å². The first-order valence-electron chi connectivity index (χ1n) is 15.5. The average molecular weight is 574 g/mol. The molecule has 0 N–H and O–H groups in total. The summed E-state index contributed by atoms with van der Waals surface area (Å²) in [5.41, 5.74) is 2.18. The molecule has 2 aromatic rings. The van der Waals surface area contributed by atoms with Crippen LogP contribution in [0.5, 0.6) is 0 Å². The maximum absolute atomic E-state index is 13.5. The molecule has 0 aliphatic carbocycles. The van der Waals surface area contributed by atoms with E-state index in [4.69, 9.17) is 0 Å². The van der Waals surface area contributed by atoms with Crippen molar-refractivity contribution in [1.29, 1.82) is 0 Å². The minimum atomic E-state index is -0.144. The Kier molecular flexibility index (Phi) is 7.12. The van der Waals surface area contributed by atoms with Crippen LogP contribution in [-0.2, 0) is 27.5 Å². The predicted octanol–water partition coefficient (Wildman–Crippen LogP) is 1.27. The van der Waals surface area contributed by atoms with Gasteiger partial charge in [0.1, 0.15) is 0 Å². The van der Waals surface area contributed by atoms with E-state index in [0.717, 1.165) is 37.3 Å². The Hall–Kier alpha value is -3.53. The molecule has 4 atom stereocenters. The van der Waals surface area contributed by atoms with Crippen LogP contribution in [-0.4, -0.2) is 87.2 Å². The zero-order valence-corrected chi connectivity index (χ0v) is 24.0. The molecule has 5 aliphatic heterocycles. The van der Waals surface area contributed by atoms with Crippen molar-refractivity contribution in [3.63, 3.8) is 0 Å². The van der Waals surface area contributed by atoms with Gasteiger partial charge in [-0.3, -0.25) is 28.9 Å². The summed E-state index contributed by atoms with van der Waals surface area (Å²) in [5.74, 6) is 0.920. The molecule has 5 aliphatic rings. The Bertz CT molecular complexity index is 1520. The predicted molar refractivity (Wildman–Crippen MR) is 155 cm³/mol. The topological polar surface area (TPSA) is 105 Å². The number of carbonyl (C=O) groups is 3. The third-order valence-electron chi connectivity index (χ3n) is 10.3. The van der Waals surface area contributed by atoms with Crippen LogP contribution in [0, 0.1) is 17.8 Å². The first kappa shape index (κ1) is 27.3. The number of piperidine rings is 3. The molecule has 3 fully saturated rings. The van der Waals surface area contributed by atoms with E-state index in [9.17, 15) is 24.0 Å². The van der Waals surface area contributed by atoms with Gasteiger partial charge in [-0.2, -0.15) is 0 Å². The number of Topliss-reactive ketones (excluding diaryl/α,β-unsaturated/α-hetero) is 1. The fourth-order valence-corrected chi connectivity index (χ4v) is 8.42. The number of nitrogens with zero attached hydrogens (tertiary/aromatic N) is 5. The van der Waals surface area contributed by atoms with E-state index in [1.165, 1.54) is 0 Å². The van der Waals surface area contributed by atoms with Gasteiger partial charge in [0.15, 0.2) is 5.78 Å². The quantitative estimate of drug-likeness (QED) is 0.499. The smallest absolute Gasteiger partial charge is 0.250 e. The number of carbonyl (C=O) groups excluding carboxylic acids is 3. The summed E-state index contributed by atoms with van der Waals surface area (Å²) in [4.78, 5) is 70.0. The second kappa shape index (κ2) is 10.9. The van der Waals surface area contributed by atoms with Crippen LogP contribution in [0.2, 0.25) is 0 Å². The Balaban J connectivity index is 0.892. The summed E-state index contributed by atoms with van der Waals surface area (Å²) in [6.07, 6.45) is 3.19. The molecular weight excluding hydrogens is 534 g/mol. The van der Waals surface area contributed by atoms with Crippen molar-refractivity contribution < 1.29 is 14.4 Å². The van der Waals surface area contributed by atoms with Gasteiger partial charge in [-0.25, -0.2) is 0 Å². The first-order chi connectivity index (χ1) is 20.3. The van der Waals surface area contributed by atoms with E-state index >= 15 is 0 Å². The normalized spacial score (nSPS) is 27.2. The number of aromatic nitrogens is 2. The number of likely N-dealkylation sites (tertiary alicyclic amines) is 3. The van der Waals surface area contributed by atoms with Gasteiger partial charge >= 0.3 is 0 Å². The van der Waals surface area contributed by atoms with Crippen LogP contribution in [0.25, 0.3) is 0 Å². The van der Waals surface area contributed by atoms with Gasteiger partial charge in [0.25, 0.3) is 11.1 Å². The van der Waals surface area contributed by atoms with E-state index in [2.05, 4.69) is 4.90 Å². The molecular formula is C32H39N5O5. The summed E-state index contributed by atoms with van der Waals surface area (Å²) in [7, 11) is 0. The molecule has 0 aromatic carbocycles. The number of hydrogen-bond donors (Lipinski definition) is 0. The van der Waals surface area contributed by atoms with Crippen molar-refractivity contribution in [3.05, 3.63) is 68.5 Å². The summed E-state index contributed by atoms with van der Waals surface area (Å²) >= 11 is 0. The summed E-state index contributed by atoms with van der Waals surface area (Å²) < 4.78 is 3.76. The van der Waals surface area contributed by atoms with Crippen LogP contribution in [0.15, 0.2) is 46.0 Å². The monoisotopic (exact) mass is 573 g/mol. The van der Waals surface area contributed by atoms with Crippen molar-refractivity contribution in [2.45, 2.75) is 57.0 Å². The highest BCUT2D eigenvalue weighted by atomic mass is 16.2. The van der Waals surface area contributed by atoms with E-state index in [0.29, 0.717) is 63.9 Å². The van der Waals surface area contributed by atoms with Crippen LogP contribution >= 0.6 is 0 Å². The fourth-order valence-electron chi connectivity index (χ4n) is 8.42. The van der Waals surface area contributed by atoms with Gasteiger partial charge in [-0.15, -0.1) is 0 Å². The maximum Gasteiger partial charge on any atom is 0.250 e. The zero-order valence-electron chi connectivity index (χ0n) is 24.0. The second-order valence-electron chi connectivity index (χ2n) is 13.2. The Morgan fingerprint density at radius 2 is 1.29 bits per heavy atom. The molecule has 10 nitrogen and oxygen atoms in total. The molecule has 2 aromatic heterocycles. The van der Waals surface area contributed by atoms with Gasteiger partial charge in [-0.1, -0.05) is 12.1 Å². The number of amides is 2. The first-order valence-corrected chi connectivity index (χ1v) is 15.5. The average Bonchev–Trinajstić information content (AvgIpc) is 2.98. The van der Waals surface area contributed by atoms with Crippen LogP contribution in [0.1, 0.15) is 55.3 Å². The number of hydrogen-bond acceptors (Lipinski definition) is 6. The molecule has 0 spiro atoms. The minimum absolute atomic E-state index is 0.0415. The lowest BCUT2D eigenvalue weighted by molar-refractivity contribution is -0.144. The SMILES string of the molecule is O=C(CC(=O)N1CCC(C(=O)N2CC3CC(C2)c2cccc(=O)n2C3)CC1)CN1CC2CC(C1)c1cccc(=O)n1C2. The molecule has 10 heteroatoms. The lowest BCUT2D eigenvalue weighted by Gasteiger charge is -2.44. The number of pyridine rings is 2. The summed E-state index contributed by atoms with van der Waals surface area (Å²) in [6, 6.07) is 10.9. The van der Waals surface area contributed by atoms with Gasteiger partial charge in [-0.05, 0) is 49.7 Å². The van der Waals surface area contributed by atoms with Crippen LogP contribution in [0.4, 0.5) is 0 Å². The van der Waals surface area contributed by atoms with Crippen LogP contribution in [0.3, 0.4) is 0 Å². The molecule has 222 valence electrons.